The zero-order valence-electron chi connectivity index (χ0n) is 22.0. The second kappa shape index (κ2) is 10.7. The van der Waals surface area contributed by atoms with Crippen LogP contribution in [0.4, 0.5) is 0 Å². The van der Waals surface area contributed by atoms with Crippen LogP contribution < -0.4 is 5.32 Å². The Morgan fingerprint density at radius 1 is 1.05 bits per heavy atom. The number of aryl methyl sites for hydroxylation is 1. The van der Waals surface area contributed by atoms with Crippen LogP contribution in [-0.2, 0) is 17.9 Å². The van der Waals surface area contributed by atoms with Crippen LogP contribution in [0.15, 0.2) is 66.9 Å². The van der Waals surface area contributed by atoms with E-state index in [1.165, 1.54) is 11.1 Å². The molecular weight excluding hydrogens is 476 g/mol. The smallest absolute Gasteiger partial charge is 0.309 e. The standard InChI is InChI=1S/C30H32N6O2/c1-20-16-23(8-9-24(20)18-31-14-5-13-30(2,3)29(37)38)26-11-12-27-28(33-26)36(35-34-27)19-21-7-10-25-22(17-21)6-4-15-32-25/h4,6-12,15-17,31H,5,13-14,18-19H2,1-3H3,(H,37,38). The lowest BCUT2D eigenvalue weighted by atomic mass is 9.88. The molecule has 0 aliphatic carbocycles. The minimum atomic E-state index is -0.749. The predicted molar refractivity (Wildman–Crippen MR) is 149 cm³/mol. The van der Waals surface area contributed by atoms with Gasteiger partial charge in [0.1, 0.15) is 5.52 Å². The molecule has 0 aliphatic rings. The lowest BCUT2D eigenvalue weighted by molar-refractivity contribution is -0.147. The second-order valence-electron chi connectivity index (χ2n) is 10.4. The van der Waals surface area contributed by atoms with Gasteiger partial charge in [0.2, 0.25) is 0 Å². The number of benzene rings is 2. The molecule has 0 aliphatic heterocycles. The fraction of sp³-hybridized carbons (Fsp3) is 0.300. The number of nitrogens with one attached hydrogen (secondary N) is 1. The third-order valence-electron chi connectivity index (χ3n) is 7.05. The lowest BCUT2D eigenvalue weighted by Crippen LogP contribution is -2.25. The van der Waals surface area contributed by atoms with Crippen LogP contribution in [-0.4, -0.2) is 42.6 Å². The fourth-order valence-corrected chi connectivity index (χ4v) is 4.56. The van der Waals surface area contributed by atoms with Crippen LogP contribution in [0.5, 0.6) is 0 Å². The molecule has 8 heteroatoms. The number of nitrogens with zero attached hydrogens (tertiary/aromatic N) is 5. The Labute approximate surface area is 221 Å². The van der Waals surface area contributed by atoms with E-state index in [-0.39, 0.29) is 0 Å². The first-order chi connectivity index (χ1) is 18.3. The highest BCUT2D eigenvalue weighted by atomic mass is 16.4. The van der Waals surface area contributed by atoms with Crippen LogP contribution >= 0.6 is 0 Å². The molecule has 0 atom stereocenters. The number of carboxylic acids is 1. The maximum atomic E-state index is 11.3. The van der Waals surface area contributed by atoms with E-state index in [1.807, 2.05) is 28.9 Å². The first-order valence-electron chi connectivity index (χ1n) is 12.9. The molecule has 5 aromatic rings. The van der Waals surface area contributed by atoms with Gasteiger partial charge in [-0.3, -0.25) is 9.78 Å². The van der Waals surface area contributed by atoms with Crippen LogP contribution in [0.1, 0.15) is 43.4 Å². The molecule has 0 unspecified atom stereocenters. The Kier molecular flexibility index (Phi) is 7.15. The number of carboxylic acid groups (broad SMARTS) is 1. The molecule has 0 saturated heterocycles. The number of aromatic nitrogens is 5. The van der Waals surface area contributed by atoms with Crippen molar-refractivity contribution >= 4 is 28.0 Å². The van der Waals surface area contributed by atoms with E-state index >= 15 is 0 Å². The Morgan fingerprint density at radius 2 is 1.89 bits per heavy atom. The van der Waals surface area contributed by atoms with E-state index in [2.05, 4.69) is 63.9 Å². The van der Waals surface area contributed by atoms with Crippen LogP contribution in [0, 0.1) is 12.3 Å². The Bertz CT molecular complexity index is 1610. The fourth-order valence-electron chi connectivity index (χ4n) is 4.56. The van der Waals surface area contributed by atoms with Crippen molar-refractivity contribution in [3.8, 4) is 11.3 Å². The second-order valence-corrected chi connectivity index (χ2v) is 10.4. The Balaban J connectivity index is 1.28. The molecule has 3 aromatic heterocycles. The summed E-state index contributed by atoms with van der Waals surface area (Å²) < 4.78 is 1.84. The van der Waals surface area contributed by atoms with Gasteiger partial charge in [-0.05, 0) is 93.2 Å². The average Bonchev–Trinajstić information content (AvgIpc) is 3.31. The van der Waals surface area contributed by atoms with Crippen LogP contribution in [0.25, 0.3) is 33.3 Å². The van der Waals surface area contributed by atoms with Gasteiger partial charge < -0.3 is 10.4 Å². The summed E-state index contributed by atoms with van der Waals surface area (Å²) in [5, 5.41) is 22.5. The quantitative estimate of drug-likeness (QED) is 0.244. The SMILES string of the molecule is Cc1cc(-c2ccc3nnn(Cc4ccc5ncccc5c4)c3n2)ccc1CNCCCC(C)(C)C(=O)O. The largest absolute Gasteiger partial charge is 0.481 e. The highest BCUT2D eigenvalue weighted by Gasteiger charge is 2.25. The normalized spacial score (nSPS) is 11.9. The molecule has 194 valence electrons. The monoisotopic (exact) mass is 508 g/mol. The Hall–Kier alpha value is -4.17. The molecule has 38 heavy (non-hydrogen) atoms. The van der Waals surface area contributed by atoms with Crippen molar-refractivity contribution in [1.29, 1.82) is 0 Å². The molecule has 0 saturated carbocycles. The third-order valence-corrected chi connectivity index (χ3v) is 7.05. The lowest BCUT2D eigenvalue weighted by Gasteiger charge is -2.18. The molecule has 0 radical (unpaired) electrons. The average molecular weight is 509 g/mol. The number of pyridine rings is 2. The van der Waals surface area contributed by atoms with E-state index in [1.54, 1.807) is 20.0 Å². The molecule has 8 nitrogen and oxygen atoms in total. The molecular formula is C30H32N6O2. The summed E-state index contributed by atoms with van der Waals surface area (Å²) in [6.07, 6.45) is 3.26. The summed E-state index contributed by atoms with van der Waals surface area (Å²) in [6.45, 7) is 7.74. The van der Waals surface area contributed by atoms with Crippen molar-refractivity contribution in [2.45, 2.75) is 46.7 Å². The third kappa shape index (κ3) is 5.55. The highest BCUT2D eigenvalue weighted by Crippen LogP contribution is 2.24. The molecule has 0 spiro atoms. The van der Waals surface area contributed by atoms with Gasteiger partial charge in [0, 0.05) is 23.7 Å². The molecule has 0 amide bonds. The van der Waals surface area contributed by atoms with Crippen LogP contribution in [0.3, 0.4) is 0 Å². The summed E-state index contributed by atoms with van der Waals surface area (Å²) in [6, 6.07) is 20.6. The van der Waals surface area contributed by atoms with Gasteiger partial charge in [0.15, 0.2) is 5.65 Å². The summed E-state index contributed by atoms with van der Waals surface area (Å²) in [5.74, 6) is -0.749. The maximum Gasteiger partial charge on any atom is 0.309 e. The number of aliphatic carboxylic acids is 1. The molecule has 0 fully saturated rings. The molecule has 2 aromatic carbocycles. The van der Waals surface area contributed by atoms with E-state index in [4.69, 9.17) is 4.98 Å². The summed E-state index contributed by atoms with van der Waals surface area (Å²) in [4.78, 5) is 20.6. The van der Waals surface area contributed by atoms with Crippen molar-refractivity contribution in [2.75, 3.05) is 6.54 Å². The predicted octanol–water partition coefficient (Wildman–Crippen LogP) is 5.38. The topological polar surface area (TPSA) is 106 Å². The minimum absolute atomic E-state index is 0.574. The van der Waals surface area contributed by atoms with Crippen LogP contribution in [0.2, 0.25) is 0 Å². The van der Waals surface area contributed by atoms with E-state index in [0.717, 1.165) is 58.4 Å². The van der Waals surface area contributed by atoms with Gasteiger partial charge in [-0.15, -0.1) is 5.10 Å². The summed E-state index contributed by atoms with van der Waals surface area (Å²) >= 11 is 0. The zero-order chi connectivity index (χ0) is 26.7. The van der Waals surface area contributed by atoms with Gasteiger partial charge in [-0.25, -0.2) is 9.67 Å². The Morgan fingerprint density at radius 3 is 2.71 bits per heavy atom. The van der Waals surface area contributed by atoms with E-state index < -0.39 is 11.4 Å². The number of hydrogen-bond acceptors (Lipinski definition) is 6. The number of carbonyl (C=O) groups is 1. The summed E-state index contributed by atoms with van der Waals surface area (Å²) in [5.41, 5.74) is 7.22. The van der Waals surface area contributed by atoms with Gasteiger partial charge in [-0.1, -0.05) is 29.5 Å². The van der Waals surface area contributed by atoms with Gasteiger partial charge in [-0.2, -0.15) is 0 Å². The van der Waals surface area contributed by atoms with Gasteiger partial charge in [0.05, 0.1) is 23.2 Å². The zero-order valence-corrected chi connectivity index (χ0v) is 22.0. The molecule has 0 bridgehead atoms. The van der Waals surface area contributed by atoms with E-state index in [0.29, 0.717) is 13.0 Å². The minimum Gasteiger partial charge on any atom is -0.481 e. The number of fused-ring (bicyclic) bond motifs is 2. The van der Waals surface area contributed by atoms with Crippen molar-refractivity contribution in [3.05, 3.63) is 83.6 Å². The van der Waals surface area contributed by atoms with Crippen molar-refractivity contribution in [2.24, 2.45) is 5.41 Å². The molecule has 5 rings (SSSR count). The van der Waals surface area contributed by atoms with Crippen molar-refractivity contribution in [1.82, 2.24) is 30.3 Å². The van der Waals surface area contributed by atoms with Crippen molar-refractivity contribution in [3.63, 3.8) is 0 Å². The number of hydrogen-bond donors (Lipinski definition) is 2. The first-order valence-corrected chi connectivity index (χ1v) is 12.9. The number of rotatable bonds is 10. The van der Waals surface area contributed by atoms with Gasteiger partial charge >= 0.3 is 5.97 Å². The van der Waals surface area contributed by atoms with Gasteiger partial charge in [0.25, 0.3) is 0 Å². The van der Waals surface area contributed by atoms with Crippen molar-refractivity contribution < 1.29 is 9.90 Å². The molecule has 2 N–H and O–H groups in total. The van der Waals surface area contributed by atoms with E-state index in [9.17, 15) is 9.90 Å². The maximum absolute atomic E-state index is 11.3. The summed E-state index contributed by atoms with van der Waals surface area (Å²) in [7, 11) is 0. The molecule has 3 heterocycles. The highest BCUT2D eigenvalue weighted by molar-refractivity contribution is 5.79. The first kappa shape index (κ1) is 25.5.